The van der Waals surface area contributed by atoms with Crippen molar-refractivity contribution >= 4 is 26.7 Å². The number of rotatable bonds is 2. The molecule has 0 radical (unpaired) electrons. The number of hydrogen-bond donors (Lipinski definition) is 1. The molecule has 0 bridgehead atoms. The van der Waals surface area contributed by atoms with Crippen LogP contribution in [0, 0.1) is 0 Å². The van der Waals surface area contributed by atoms with Gasteiger partial charge in [0.25, 0.3) is 0 Å². The van der Waals surface area contributed by atoms with Crippen molar-refractivity contribution in [3.8, 4) is 0 Å². The molecule has 3 aromatic rings. The Hall–Kier alpha value is -1.64. The zero-order valence-electron chi connectivity index (χ0n) is 11.5. The maximum absolute atomic E-state index is 10.8. The Labute approximate surface area is 132 Å². The summed E-state index contributed by atoms with van der Waals surface area (Å²) in [4.78, 5) is 0. The largest absolute Gasteiger partial charge is 0.384 e. The Kier molecular flexibility index (Phi) is 3.09. The van der Waals surface area contributed by atoms with Crippen molar-refractivity contribution in [1.82, 2.24) is 0 Å². The van der Waals surface area contributed by atoms with Crippen LogP contribution in [0.5, 0.6) is 0 Å². The van der Waals surface area contributed by atoms with Crippen LogP contribution in [0.4, 0.5) is 0 Å². The molecule has 1 atom stereocenters. The summed E-state index contributed by atoms with van der Waals surface area (Å²) in [7, 11) is 0. The molecule has 4 rings (SSSR count). The van der Waals surface area contributed by atoms with E-state index in [0.717, 1.165) is 28.4 Å². The highest BCUT2D eigenvalue weighted by atomic mass is 79.9. The molecule has 21 heavy (non-hydrogen) atoms. The van der Waals surface area contributed by atoms with E-state index in [-0.39, 0.29) is 0 Å². The Morgan fingerprint density at radius 2 is 1.57 bits per heavy atom. The molecule has 1 N–H and O–H groups in total. The van der Waals surface area contributed by atoms with Crippen molar-refractivity contribution in [1.29, 1.82) is 0 Å². The molecule has 0 amide bonds. The molecule has 1 aliphatic carbocycles. The van der Waals surface area contributed by atoms with E-state index >= 15 is 0 Å². The summed E-state index contributed by atoms with van der Waals surface area (Å²) in [6.07, 6.45) is 1.62. The van der Waals surface area contributed by atoms with Crippen LogP contribution in [0.1, 0.15) is 28.4 Å². The number of aliphatic hydroxyl groups excluding tert-OH is 1. The van der Waals surface area contributed by atoms with Crippen molar-refractivity contribution in [2.75, 3.05) is 0 Å². The van der Waals surface area contributed by atoms with Crippen molar-refractivity contribution in [3.05, 3.63) is 81.3 Å². The Morgan fingerprint density at radius 3 is 2.38 bits per heavy atom. The molecule has 0 aliphatic heterocycles. The molecule has 3 aromatic carbocycles. The van der Waals surface area contributed by atoms with Gasteiger partial charge in [-0.2, -0.15) is 0 Å². The number of aliphatic hydroxyl groups is 1. The molecule has 1 aliphatic rings. The second-order valence-corrected chi connectivity index (χ2v) is 6.43. The summed E-state index contributed by atoms with van der Waals surface area (Å²) < 4.78 is 0.945. The van der Waals surface area contributed by atoms with Crippen LogP contribution >= 0.6 is 15.9 Å². The van der Waals surface area contributed by atoms with E-state index in [4.69, 9.17) is 0 Å². The van der Waals surface area contributed by atoms with Crippen LogP contribution in [-0.4, -0.2) is 5.11 Å². The second-order valence-electron chi connectivity index (χ2n) is 5.58. The van der Waals surface area contributed by atoms with Gasteiger partial charge in [-0.05, 0) is 51.9 Å². The minimum absolute atomic E-state index is 0.606. The predicted octanol–water partition coefficient (Wildman–Crippen LogP) is 4.78. The maximum atomic E-state index is 10.8. The topological polar surface area (TPSA) is 20.2 Å². The molecule has 0 saturated heterocycles. The second kappa shape index (κ2) is 4.97. The molecule has 1 nitrogen and oxygen atoms in total. The third kappa shape index (κ3) is 2.02. The smallest absolute Gasteiger partial charge is 0.106 e. The highest BCUT2D eigenvalue weighted by molar-refractivity contribution is 9.10. The lowest BCUT2D eigenvalue weighted by molar-refractivity contribution is 0.221. The van der Waals surface area contributed by atoms with Gasteiger partial charge >= 0.3 is 0 Å². The monoisotopic (exact) mass is 338 g/mol. The van der Waals surface area contributed by atoms with Crippen LogP contribution in [0.3, 0.4) is 0 Å². The Balaban J connectivity index is 1.94. The first-order valence-corrected chi connectivity index (χ1v) is 8.01. The van der Waals surface area contributed by atoms with Crippen molar-refractivity contribution in [3.63, 3.8) is 0 Å². The molecule has 104 valence electrons. The lowest BCUT2D eigenvalue weighted by Gasteiger charge is -2.16. The summed E-state index contributed by atoms with van der Waals surface area (Å²) in [5, 5.41) is 13.4. The molecule has 1 unspecified atom stereocenters. The van der Waals surface area contributed by atoms with E-state index in [2.05, 4.69) is 46.3 Å². The van der Waals surface area contributed by atoms with Crippen molar-refractivity contribution < 1.29 is 5.11 Å². The molecular weight excluding hydrogens is 324 g/mol. The maximum Gasteiger partial charge on any atom is 0.106 e. The van der Waals surface area contributed by atoms with E-state index in [0.29, 0.717) is 0 Å². The summed E-state index contributed by atoms with van der Waals surface area (Å²) in [6, 6.07) is 18.6. The molecular formula is C19H15BrO. The first kappa shape index (κ1) is 13.1. The van der Waals surface area contributed by atoms with Crippen LogP contribution in [0.2, 0.25) is 0 Å². The summed E-state index contributed by atoms with van der Waals surface area (Å²) in [6.45, 7) is 0. The van der Waals surface area contributed by atoms with Gasteiger partial charge in [-0.1, -0.05) is 64.5 Å². The third-order valence-electron chi connectivity index (χ3n) is 4.41. The molecule has 0 spiro atoms. The number of hydrogen-bond acceptors (Lipinski definition) is 1. The van der Waals surface area contributed by atoms with Crippen LogP contribution in [0.15, 0.2) is 59.1 Å². The minimum atomic E-state index is -0.606. The van der Waals surface area contributed by atoms with Crippen LogP contribution in [0.25, 0.3) is 10.8 Å². The summed E-state index contributed by atoms with van der Waals surface area (Å²) in [5.41, 5.74) is 4.72. The van der Waals surface area contributed by atoms with Gasteiger partial charge in [0.05, 0.1) is 0 Å². The van der Waals surface area contributed by atoms with Gasteiger partial charge in [0, 0.05) is 4.47 Å². The fourth-order valence-corrected chi connectivity index (χ4v) is 3.87. The molecule has 0 fully saturated rings. The van der Waals surface area contributed by atoms with E-state index < -0.39 is 6.10 Å². The zero-order chi connectivity index (χ0) is 14.4. The van der Waals surface area contributed by atoms with Gasteiger partial charge in [-0.3, -0.25) is 0 Å². The van der Waals surface area contributed by atoms with E-state index in [1.807, 2.05) is 24.3 Å². The molecule has 0 saturated carbocycles. The molecule has 2 heteroatoms. The quantitative estimate of drug-likeness (QED) is 0.712. The van der Waals surface area contributed by atoms with Crippen LogP contribution < -0.4 is 0 Å². The average molecular weight is 339 g/mol. The summed E-state index contributed by atoms with van der Waals surface area (Å²) in [5.74, 6) is 0. The predicted molar refractivity (Wildman–Crippen MR) is 89.6 cm³/mol. The van der Waals surface area contributed by atoms with Gasteiger partial charge in [0.1, 0.15) is 6.10 Å². The lowest BCUT2D eigenvalue weighted by Crippen LogP contribution is -2.02. The van der Waals surface area contributed by atoms with E-state index in [1.165, 1.54) is 21.9 Å². The van der Waals surface area contributed by atoms with Gasteiger partial charge in [0.2, 0.25) is 0 Å². The number of aryl methyl sites for hydroxylation is 2. The highest BCUT2D eigenvalue weighted by Gasteiger charge is 2.20. The molecule has 0 aromatic heterocycles. The van der Waals surface area contributed by atoms with Crippen LogP contribution in [-0.2, 0) is 12.8 Å². The normalized spacial score (nSPS) is 14.6. The summed E-state index contributed by atoms with van der Waals surface area (Å²) >= 11 is 3.54. The number of halogens is 1. The SMILES string of the molecule is OC(c1ccccc1Br)c1ccc2c3c(cccc13)CC2. The van der Waals surface area contributed by atoms with Crippen molar-refractivity contribution in [2.45, 2.75) is 18.9 Å². The Morgan fingerprint density at radius 1 is 0.810 bits per heavy atom. The van der Waals surface area contributed by atoms with E-state index in [1.54, 1.807) is 0 Å². The number of benzene rings is 3. The fourth-order valence-electron chi connectivity index (χ4n) is 3.37. The highest BCUT2D eigenvalue weighted by Crippen LogP contribution is 2.37. The third-order valence-corrected chi connectivity index (χ3v) is 5.13. The van der Waals surface area contributed by atoms with Gasteiger partial charge in [-0.25, -0.2) is 0 Å². The lowest BCUT2D eigenvalue weighted by atomic mass is 9.93. The minimum Gasteiger partial charge on any atom is -0.384 e. The molecule has 0 heterocycles. The van der Waals surface area contributed by atoms with Gasteiger partial charge < -0.3 is 5.11 Å². The fraction of sp³-hybridized carbons (Fsp3) is 0.158. The first-order chi connectivity index (χ1) is 10.3. The average Bonchev–Trinajstić information content (AvgIpc) is 2.93. The zero-order valence-corrected chi connectivity index (χ0v) is 13.1. The first-order valence-electron chi connectivity index (χ1n) is 7.21. The van der Waals surface area contributed by atoms with Gasteiger partial charge in [-0.15, -0.1) is 0 Å². The Bertz CT molecular complexity index is 828. The van der Waals surface area contributed by atoms with Crippen molar-refractivity contribution in [2.24, 2.45) is 0 Å². The standard InChI is InChI=1S/C19H15BrO/c20-17-7-2-1-5-16(17)19(21)15-11-10-13-9-8-12-4-3-6-14(15)18(12)13/h1-7,10-11,19,21H,8-9H2. The van der Waals surface area contributed by atoms with Gasteiger partial charge in [0.15, 0.2) is 0 Å². The van der Waals surface area contributed by atoms with E-state index in [9.17, 15) is 5.11 Å².